The van der Waals surface area contributed by atoms with Gasteiger partial charge in [0, 0.05) is 11.8 Å². The van der Waals surface area contributed by atoms with Gasteiger partial charge in [-0.1, -0.05) is 6.07 Å². The van der Waals surface area contributed by atoms with Crippen LogP contribution in [0.1, 0.15) is 16.7 Å². The van der Waals surface area contributed by atoms with E-state index in [0.29, 0.717) is 0 Å². The monoisotopic (exact) mass is 294 g/mol. The molecule has 0 radical (unpaired) electrons. The summed E-state index contributed by atoms with van der Waals surface area (Å²) in [5.74, 6) is 0. The summed E-state index contributed by atoms with van der Waals surface area (Å²) >= 11 is 0. The molecule has 0 atom stereocenters. The van der Waals surface area contributed by atoms with Gasteiger partial charge in [-0.3, -0.25) is 4.98 Å². The summed E-state index contributed by atoms with van der Waals surface area (Å²) in [6.45, 7) is 0. The average Bonchev–Trinajstić information content (AvgIpc) is 2.64. The van der Waals surface area contributed by atoms with Crippen LogP contribution in [0.3, 0.4) is 0 Å². The summed E-state index contributed by atoms with van der Waals surface area (Å²) in [4.78, 5) is 3.94. The molecule has 7 heteroatoms. The zero-order valence-corrected chi connectivity index (χ0v) is 10.3. The molecule has 0 aliphatic carbocycles. The summed E-state index contributed by atoms with van der Waals surface area (Å²) in [5, 5.41) is 8.80. The maximum Gasteiger partial charge on any atom is 0.388 e. The van der Waals surface area contributed by atoms with E-state index in [2.05, 4.69) is 9.72 Å². The standard InChI is InChI=1S/C14H6F4N2O/c15-13(16)10-2-1-9(6-11(10)14(17,18)21-13)12-5-8(7-19)3-4-20-12/h1-6H. The van der Waals surface area contributed by atoms with Crippen LogP contribution < -0.4 is 0 Å². The van der Waals surface area contributed by atoms with Crippen LogP contribution in [0.5, 0.6) is 0 Å². The lowest BCUT2D eigenvalue weighted by Crippen LogP contribution is -2.17. The van der Waals surface area contributed by atoms with Gasteiger partial charge < -0.3 is 0 Å². The molecule has 0 fully saturated rings. The molecular weight excluding hydrogens is 288 g/mol. The average molecular weight is 294 g/mol. The molecule has 1 aromatic carbocycles. The van der Waals surface area contributed by atoms with Crippen LogP contribution in [0.2, 0.25) is 0 Å². The van der Waals surface area contributed by atoms with Gasteiger partial charge in [-0.25, -0.2) is 4.74 Å². The van der Waals surface area contributed by atoms with Crippen LogP contribution in [-0.2, 0) is 17.0 Å². The Labute approximate surface area is 116 Å². The van der Waals surface area contributed by atoms with E-state index in [-0.39, 0.29) is 16.8 Å². The first kappa shape index (κ1) is 13.5. The summed E-state index contributed by atoms with van der Waals surface area (Å²) < 4.78 is 57.2. The zero-order valence-electron chi connectivity index (χ0n) is 10.3. The lowest BCUT2D eigenvalue weighted by Gasteiger charge is -2.10. The van der Waals surface area contributed by atoms with Crippen molar-refractivity contribution in [3.05, 3.63) is 53.2 Å². The van der Waals surface area contributed by atoms with E-state index in [1.54, 1.807) is 0 Å². The molecule has 0 unspecified atom stereocenters. The first-order chi connectivity index (χ1) is 9.83. The zero-order chi connectivity index (χ0) is 15.3. The molecule has 1 aromatic heterocycles. The summed E-state index contributed by atoms with van der Waals surface area (Å²) in [6, 6.07) is 7.74. The molecule has 0 spiro atoms. The Bertz CT molecular complexity index is 768. The Morgan fingerprint density at radius 2 is 1.71 bits per heavy atom. The molecule has 3 rings (SSSR count). The van der Waals surface area contributed by atoms with E-state index in [9.17, 15) is 17.6 Å². The van der Waals surface area contributed by atoms with Gasteiger partial charge in [0.1, 0.15) is 0 Å². The van der Waals surface area contributed by atoms with E-state index in [0.717, 1.165) is 12.1 Å². The maximum atomic E-state index is 13.5. The number of hydrogen-bond donors (Lipinski definition) is 0. The molecule has 1 aliphatic rings. The predicted molar refractivity (Wildman–Crippen MR) is 63.3 cm³/mol. The summed E-state index contributed by atoms with van der Waals surface area (Å²) in [7, 11) is 0. The van der Waals surface area contributed by atoms with Gasteiger partial charge in [0.2, 0.25) is 0 Å². The molecule has 21 heavy (non-hydrogen) atoms. The summed E-state index contributed by atoms with van der Waals surface area (Å²) in [6.07, 6.45) is -6.76. The lowest BCUT2D eigenvalue weighted by molar-refractivity contribution is -0.369. The molecule has 0 amide bonds. The van der Waals surface area contributed by atoms with Crippen LogP contribution in [-0.4, -0.2) is 4.98 Å². The van der Waals surface area contributed by atoms with Gasteiger partial charge in [-0.15, -0.1) is 0 Å². The van der Waals surface area contributed by atoms with E-state index in [1.165, 1.54) is 24.4 Å². The molecule has 1 aliphatic heterocycles. The third-order valence-corrected chi connectivity index (χ3v) is 3.09. The topological polar surface area (TPSA) is 45.9 Å². The number of nitrogens with zero attached hydrogens (tertiary/aromatic N) is 2. The van der Waals surface area contributed by atoms with Crippen LogP contribution >= 0.6 is 0 Å². The lowest BCUT2D eigenvalue weighted by atomic mass is 10.0. The molecule has 0 saturated carbocycles. The second kappa shape index (κ2) is 4.27. The molecule has 106 valence electrons. The van der Waals surface area contributed by atoms with E-state index >= 15 is 0 Å². The SMILES string of the molecule is N#Cc1ccnc(-c2ccc3c(c2)C(F)(F)OC3(F)F)c1. The number of nitriles is 1. The molecule has 2 aromatic rings. The van der Waals surface area contributed by atoms with Crippen LogP contribution in [0.25, 0.3) is 11.3 Å². The quantitative estimate of drug-likeness (QED) is 0.752. The van der Waals surface area contributed by atoms with Crippen molar-refractivity contribution in [3.63, 3.8) is 0 Å². The number of halogens is 4. The minimum absolute atomic E-state index is 0.201. The highest BCUT2D eigenvalue weighted by Crippen LogP contribution is 2.51. The number of alkyl halides is 4. The Kier molecular flexibility index (Phi) is 2.75. The number of pyridine rings is 1. The number of benzene rings is 1. The highest BCUT2D eigenvalue weighted by atomic mass is 19.3. The van der Waals surface area contributed by atoms with Crippen LogP contribution in [0.15, 0.2) is 36.5 Å². The second-order valence-corrected chi connectivity index (χ2v) is 4.44. The number of rotatable bonds is 1. The van der Waals surface area contributed by atoms with E-state index < -0.39 is 23.3 Å². The third-order valence-electron chi connectivity index (χ3n) is 3.09. The van der Waals surface area contributed by atoms with Crippen molar-refractivity contribution < 1.29 is 22.3 Å². The Morgan fingerprint density at radius 3 is 2.43 bits per heavy atom. The van der Waals surface area contributed by atoms with Crippen LogP contribution in [0, 0.1) is 11.3 Å². The van der Waals surface area contributed by atoms with Crippen LogP contribution in [0.4, 0.5) is 17.6 Å². The predicted octanol–water partition coefficient (Wildman–Crippen LogP) is 3.75. The van der Waals surface area contributed by atoms with Gasteiger partial charge in [0.05, 0.1) is 28.5 Å². The molecule has 2 heterocycles. The maximum absolute atomic E-state index is 13.5. The first-order valence-electron chi connectivity index (χ1n) is 5.81. The van der Waals surface area contributed by atoms with Gasteiger partial charge >= 0.3 is 12.2 Å². The largest absolute Gasteiger partial charge is 0.388 e. The fourth-order valence-electron chi connectivity index (χ4n) is 2.13. The molecule has 3 nitrogen and oxygen atoms in total. The van der Waals surface area contributed by atoms with Gasteiger partial charge in [0.25, 0.3) is 0 Å². The number of aromatic nitrogens is 1. The first-order valence-corrected chi connectivity index (χ1v) is 5.81. The molecule has 0 bridgehead atoms. The van der Waals surface area contributed by atoms with Crippen molar-refractivity contribution in [2.45, 2.75) is 12.2 Å². The normalized spacial score (nSPS) is 18.0. The highest BCUT2D eigenvalue weighted by molar-refractivity contribution is 5.63. The van der Waals surface area contributed by atoms with Gasteiger partial charge in [0.15, 0.2) is 0 Å². The van der Waals surface area contributed by atoms with Gasteiger partial charge in [-0.05, 0) is 24.3 Å². The minimum Gasteiger partial charge on any atom is -0.256 e. The minimum atomic E-state index is -4.07. The smallest absolute Gasteiger partial charge is 0.256 e. The number of hydrogen-bond acceptors (Lipinski definition) is 3. The highest BCUT2D eigenvalue weighted by Gasteiger charge is 2.57. The second-order valence-electron chi connectivity index (χ2n) is 4.44. The van der Waals surface area contributed by atoms with Crippen molar-refractivity contribution >= 4 is 0 Å². The van der Waals surface area contributed by atoms with E-state index in [1.807, 2.05) is 6.07 Å². The molecule has 0 saturated heterocycles. The number of fused-ring (bicyclic) bond motifs is 1. The molecular formula is C14H6F4N2O. The fourth-order valence-corrected chi connectivity index (χ4v) is 2.13. The van der Waals surface area contributed by atoms with Crippen molar-refractivity contribution in [2.75, 3.05) is 0 Å². The van der Waals surface area contributed by atoms with Crippen molar-refractivity contribution in [1.29, 1.82) is 5.26 Å². The van der Waals surface area contributed by atoms with Gasteiger partial charge in [-0.2, -0.15) is 22.8 Å². The number of ether oxygens (including phenoxy) is 1. The third kappa shape index (κ3) is 2.14. The Hall–Kier alpha value is -2.46. The molecule has 0 N–H and O–H groups in total. The Balaban J connectivity index is 2.15. The summed E-state index contributed by atoms with van der Waals surface area (Å²) in [5.41, 5.74) is -1.04. The van der Waals surface area contributed by atoms with Crippen molar-refractivity contribution in [1.82, 2.24) is 4.98 Å². The fraction of sp³-hybridized carbons (Fsp3) is 0.143. The Morgan fingerprint density at radius 1 is 1.00 bits per heavy atom. The van der Waals surface area contributed by atoms with Crippen molar-refractivity contribution in [2.24, 2.45) is 0 Å². The van der Waals surface area contributed by atoms with E-state index in [4.69, 9.17) is 5.26 Å². The van der Waals surface area contributed by atoms with Crippen molar-refractivity contribution in [3.8, 4) is 17.3 Å².